The van der Waals surface area contributed by atoms with Gasteiger partial charge in [-0.2, -0.15) is 0 Å². The van der Waals surface area contributed by atoms with Gasteiger partial charge in [0.25, 0.3) is 0 Å². The molecule has 0 amide bonds. The summed E-state index contributed by atoms with van der Waals surface area (Å²) in [5.41, 5.74) is 10.0. The molecule has 0 spiro atoms. The average Bonchev–Trinajstić information content (AvgIpc) is 3.80. The fraction of sp³-hybridized carbons (Fsp3) is 0. The molecule has 0 fully saturated rings. The molecule has 3 heterocycles. The lowest BCUT2D eigenvalue weighted by molar-refractivity contribution is 0.672. The Labute approximate surface area is 310 Å². The van der Waals surface area contributed by atoms with Gasteiger partial charge in [0.05, 0.1) is 11.0 Å². The first-order chi connectivity index (χ1) is 26.8. The molecule has 54 heavy (non-hydrogen) atoms. The summed E-state index contributed by atoms with van der Waals surface area (Å²) in [6.07, 6.45) is 0. The van der Waals surface area contributed by atoms with E-state index in [1.807, 2.05) is 60.7 Å². The van der Waals surface area contributed by atoms with E-state index in [1.54, 1.807) is 0 Å². The minimum absolute atomic E-state index is 0.598. The molecule has 0 saturated heterocycles. The van der Waals surface area contributed by atoms with E-state index in [2.05, 4.69) is 126 Å². The maximum Gasteiger partial charge on any atom is 0.164 e. The molecule has 0 saturated carbocycles. The van der Waals surface area contributed by atoms with Gasteiger partial charge in [-0.1, -0.05) is 146 Å². The van der Waals surface area contributed by atoms with Crippen molar-refractivity contribution in [3.05, 3.63) is 182 Å². The first kappa shape index (κ1) is 30.3. The van der Waals surface area contributed by atoms with Gasteiger partial charge in [0.2, 0.25) is 0 Å². The van der Waals surface area contributed by atoms with Crippen LogP contribution in [0.3, 0.4) is 0 Å². The lowest BCUT2D eigenvalue weighted by Gasteiger charge is -2.11. The Morgan fingerprint density at radius 1 is 0.389 bits per heavy atom. The Balaban J connectivity index is 1.17. The fourth-order valence-electron chi connectivity index (χ4n) is 7.90. The van der Waals surface area contributed by atoms with Crippen LogP contribution in [-0.2, 0) is 0 Å². The molecule has 5 heteroatoms. The van der Waals surface area contributed by atoms with Crippen molar-refractivity contribution in [3.63, 3.8) is 0 Å². The minimum atomic E-state index is 0.598. The molecule has 5 nitrogen and oxygen atoms in total. The van der Waals surface area contributed by atoms with Crippen molar-refractivity contribution in [1.29, 1.82) is 0 Å². The van der Waals surface area contributed by atoms with Gasteiger partial charge in [-0.15, -0.1) is 0 Å². The normalized spacial score (nSPS) is 11.7. The van der Waals surface area contributed by atoms with Crippen molar-refractivity contribution in [2.24, 2.45) is 0 Å². The van der Waals surface area contributed by atoms with Gasteiger partial charge in [-0.25, -0.2) is 15.0 Å². The first-order valence-corrected chi connectivity index (χ1v) is 18.1. The standard InChI is InChI=1S/C49H30N4O/c1-4-14-31(15-5-1)34-24-26-39-38-22-12-13-23-42(38)53(43(39)29-34)36-25-27-40-44(30-36)54-46-37-21-11-10-20-35(37)28-41(45(40)46)49-51-47(32-16-6-2-7-17-32)50-48(52-49)33-18-8-3-9-19-33/h1-30H. The van der Waals surface area contributed by atoms with Gasteiger partial charge in [0, 0.05) is 55.4 Å². The highest BCUT2D eigenvalue weighted by atomic mass is 16.3. The van der Waals surface area contributed by atoms with E-state index in [0.717, 1.165) is 66.1 Å². The molecule has 252 valence electrons. The first-order valence-electron chi connectivity index (χ1n) is 18.1. The van der Waals surface area contributed by atoms with E-state index >= 15 is 0 Å². The second-order valence-corrected chi connectivity index (χ2v) is 13.6. The number of hydrogen-bond acceptors (Lipinski definition) is 4. The molecule has 0 unspecified atom stereocenters. The summed E-state index contributed by atoms with van der Waals surface area (Å²) in [7, 11) is 0. The number of hydrogen-bond donors (Lipinski definition) is 0. The van der Waals surface area contributed by atoms with Crippen LogP contribution in [0, 0.1) is 0 Å². The van der Waals surface area contributed by atoms with Crippen LogP contribution < -0.4 is 0 Å². The fourth-order valence-corrected chi connectivity index (χ4v) is 7.90. The topological polar surface area (TPSA) is 56.7 Å². The van der Waals surface area contributed by atoms with Gasteiger partial charge >= 0.3 is 0 Å². The molecule has 8 aromatic carbocycles. The Bertz CT molecular complexity index is 3140. The molecule has 0 aliphatic carbocycles. The third-order valence-electron chi connectivity index (χ3n) is 10.4. The second kappa shape index (κ2) is 12.1. The Morgan fingerprint density at radius 3 is 1.69 bits per heavy atom. The SMILES string of the molecule is c1ccc(-c2ccc3c4ccccc4n(-c4ccc5c(c4)oc4c6ccccc6cc(-c6nc(-c7ccccc7)nc(-c7ccccc7)n6)c54)c3c2)cc1. The number of fused-ring (bicyclic) bond motifs is 8. The molecular formula is C49H30N4O. The molecule has 0 atom stereocenters. The van der Waals surface area contributed by atoms with Gasteiger partial charge in [0.1, 0.15) is 11.2 Å². The summed E-state index contributed by atoms with van der Waals surface area (Å²) in [6.45, 7) is 0. The maximum absolute atomic E-state index is 6.93. The van der Waals surface area contributed by atoms with Crippen molar-refractivity contribution >= 4 is 54.5 Å². The van der Waals surface area contributed by atoms with E-state index in [9.17, 15) is 0 Å². The summed E-state index contributed by atoms with van der Waals surface area (Å²) in [5.74, 6) is 1.84. The Hall–Kier alpha value is -7.37. The van der Waals surface area contributed by atoms with Crippen molar-refractivity contribution < 1.29 is 4.42 Å². The molecule has 11 aromatic rings. The molecule has 0 N–H and O–H groups in total. The number of nitrogens with zero attached hydrogens (tertiary/aromatic N) is 4. The lowest BCUT2D eigenvalue weighted by atomic mass is 9.99. The van der Waals surface area contributed by atoms with Crippen LogP contribution >= 0.6 is 0 Å². The predicted octanol–water partition coefficient (Wildman–Crippen LogP) is 12.7. The lowest BCUT2D eigenvalue weighted by Crippen LogP contribution is -2.00. The zero-order valence-electron chi connectivity index (χ0n) is 29.0. The van der Waals surface area contributed by atoms with E-state index in [4.69, 9.17) is 19.4 Å². The van der Waals surface area contributed by atoms with Crippen molar-refractivity contribution in [2.45, 2.75) is 0 Å². The maximum atomic E-state index is 6.93. The van der Waals surface area contributed by atoms with E-state index < -0.39 is 0 Å². The van der Waals surface area contributed by atoms with E-state index in [0.29, 0.717) is 17.5 Å². The molecule has 3 aromatic heterocycles. The summed E-state index contributed by atoms with van der Waals surface area (Å²) >= 11 is 0. The van der Waals surface area contributed by atoms with Crippen LogP contribution in [0.2, 0.25) is 0 Å². The average molecular weight is 691 g/mol. The Morgan fingerprint density at radius 2 is 0.963 bits per heavy atom. The molecular weight excluding hydrogens is 661 g/mol. The highest BCUT2D eigenvalue weighted by Crippen LogP contribution is 2.42. The number of furan rings is 1. The third-order valence-corrected chi connectivity index (χ3v) is 10.4. The summed E-state index contributed by atoms with van der Waals surface area (Å²) in [5, 5.41) is 6.50. The van der Waals surface area contributed by atoms with Gasteiger partial charge in [0.15, 0.2) is 17.5 Å². The third kappa shape index (κ3) is 4.83. The van der Waals surface area contributed by atoms with Crippen LogP contribution in [-0.4, -0.2) is 19.5 Å². The van der Waals surface area contributed by atoms with Crippen LogP contribution in [0.25, 0.3) is 105 Å². The summed E-state index contributed by atoms with van der Waals surface area (Å²) < 4.78 is 9.28. The Kier molecular flexibility index (Phi) is 6.79. The van der Waals surface area contributed by atoms with E-state index in [-0.39, 0.29) is 0 Å². The van der Waals surface area contributed by atoms with Gasteiger partial charge in [-0.05, 0) is 46.8 Å². The summed E-state index contributed by atoms with van der Waals surface area (Å²) in [6, 6.07) is 63.3. The van der Waals surface area contributed by atoms with Crippen molar-refractivity contribution in [1.82, 2.24) is 19.5 Å². The van der Waals surface area contributed by atoms with Crippen LogP contribution in [0.15, 0.2) is 186 Å². The van der Waals surface area contributed by atoms with Crippen LogP contribution in [0.4, 0.5) is 0 Å². The number of para-hydroxylation sites is 1. The second-order valence-electron chi connectivity index (χ2n) is 13.6. The molecule has 0 bridgehead atoms. The van der Waals surface area contributed by atoms with Gasteiger partial charge < -0.3 is 8.98 Å². The molecule has 0 radical (unpaired) electrons. The summed E-state index contributed by atoms with van der Waals surface area (Å²) in [4.78, 5) is 15.2. The van der Waals surface area contributed by atoms with Gasteiger partial charge in [-0.3, -0.25) is 0 Å². The smallest absolute Gasteiger partial charge is 0.164 e. The predicted molar refractivity (Wildman–Crippen MR) is 221 cm³/mol. The largest absolute Gasteiger partial charge is 0.455 e. The molecule has 11 rings (SSSR count). The monoisotopic (exact) mass is 690 g/mol. The highest BCUT2D eigenvalue weighted by molar-refractivity contribution is 6.21. The molecule has 0 aliphatic rings. The minimum Gasteiger partial charge on any atom is -0.455 e. The highest BCUT2D eigenvalue weighted by Gasteiger charge is 2.21. The zero-order valence-corrected chi connectivity index (χ0v) is 29.0. The van der Waals surface area contributed by atoms with Crippen LogP contribution in [0.5, 0.6) is 0 Å². The van der Waals surface area contributed by atoms with Crippen molar-refractivity contribution in [3.8, 4) is 51.0 Å². The van der Waals surface area contributed by atoms with Crippen molar-refractivity contribution in [2.75, 3.05) is 0 Å². The van der Waals surface area contributed by atoms with E-state index in [1.165, 1.54) is 21.9 Å². The number of rotatable bonds is 5. The quantitative estimate of drug-likeness (QED) is 0.180. The van der Waals surface area contributed by atoms with Crippen LogP contribution in [0.1, 0.15) is 0 Å². The number of aromatic nitrogens is 4. The number of benzene rings is 8. The zero-order chi connectivity index (χ0) is 35.6. The molecule has 0 aliphatic heterocycles.